The van der Waals surface area contributed by atoms with E-state index in [4.69, 9.17) is 4.74 Å². The molecule has 0 N–H and O–H groups in total. The van der Waals surface area contributed by atoms with Gasteiger partial charge in [-0.15, -0.1) is 0 Å². The van der Waals surface area contributed by atoms with Crippen LogP contribution < -0.4 is 0 Å². The van der Waals surface area contributed by atoms with Crippen LogP contribution >= 0.6 is 0 Å². The number of methoxy groups -OCH3 is 1. The molecule has 0 amide bonds. The van der Waals surface area contributed by atoms with Crippen molar-refractivity contribution in [1.82, 2.24) is 0 Å². The summed E-state index contributed by atoms with van der Waals surface area (Å²) in [6.45, 7) is 3.23. The summed E-state index contributed by atoms with van der Waals surface area (Å²) >= 11 is 0. The zero-order valence-electron chi connectivity index (χ0n) is 9.93. The van der Waals surface area contributed by atoms with E-state index in [1.165, 1.54) is 51.4 Å². The van der Waals surface area contributed by atoms with Gasteiger partial charge in [0.25, 0.3) is 0 Å². The van der Waals surface area contributed by atoms with Crippen molar-refractivity contribution in [3.05, 3.63) is 0 Å². The average molecular weight is 198 g/mol. The van der Waals surface area contributed by atoms with Crippen molar-refractivity contribution in [3.8, 4) is 0 Å². The Hall–Kier alpha value is -0.0400. The van der Waals surface area contributed by atoms with E-state index in [0.29, 0.717) is 0 Å². The van der Waals surface area contributed by atoms with Crippen molar-refractivity contribution in [2.75, 3.05) is 13.7 Å². The molecule has 1 heteroatoms. The molecular formula is C13H26O. The van der Waals surface area contributed by atoms with Gasteiger partial charge in [0.15, 0.2) is 0 Å². The molecule has 1 fully saturated rings. The Kier molecular flexibility index (Phi) is 6.25. The minimum Gasteiger partial charge on any atom is -0.384 e. The molecule has 0 spiro atoms. The quantitative estimate of drug-likeness (QED) is 0.626. The minimum atomic E-state index is 0.753. The average Bonchev–Trinajstić information content (AvgIpc) is 2.20. The standard InChI is InChI=1S/C13H26O/c1-12(11-14-2)7-6-10-13-8-4-3-5-9-13/h12-13H,3-11H2,1-2H3. The molecular weight excluding hydrogens is 172 g/mol. The summed E-state index contributed by atoms with van der Waals surface area (Å²) in [6, 6.07) is 0. The van der Waals surface area contributed by atoms with E-state index >= 15 is 0 Å². The van der Waals surface area contributed by atoms with Crippen LogP contribution in [0.15, 0.2) is 0 Å². The number of hydrogen-bond donors (Lipinski definition) is 0. The molecule has 1 atom stereocenters. The molecule has 0 aromatic rings. The van der Waals surface area contributed by atoms with E-state index in [2.05, 4.69) is 6.92 Å². The first kappa shape index (κ1) is 12.0. The second kappa shape index (κ2) is 7.28. The van der Waals surface area contributed by atoms with Crippen LogP contribution in [0.5, 0.6) is 0 Å². The van der Waals surface area contributed by atoms with Crippen LogP contribution in [0.2, 0.25) is 0 Å². The summed E-state index contributed by atoms with van der Waals surface area (Å²) in [5, 5.41) is 0. The van der Waals surface area contributed by atoms with Gasteiger partial charge in [0.05, 0.1) is 0 Å². The third kappa shape index (κ3) is 4.99. The fourth-order valence-electron chi connectivity index (χ4n) is 2.60. The molecule has 0 saturated heterocycles. The predicted molar refractivity (Wildman–Crippen MR) is 61.5 cm³/mol. The van der Waals surface area contributed by atoms with E-state index < -0.39 is 0 Å². The van der Waals surface area contributed by atoms with Gasteiger partial charge in [0, 0.05) is 13.7 Å². The van der Waals surface area contributed by atoms with E-state index in [1.54, 1.807) is 7.11 Å². The van der Waals surface area contributed by atoms with E-state index in [1.807, 2.05) is 0 Å². The van der Waals surface area contributed by atoms with E-state index in [9.17, 15) is 0 Å². The SMILES string of the molecule is COCC(C)CCCC1CCCCC1. The lowest BCUT2D eigenvalue weighted by Crippen LogP contribution is -2.08. The molecule has 0 radical (unpaired) electrons. The molecule has 0 aromatic heterocycles. The molecule has 84 valence electrons. The maximum atomic E-state index is 5.15. The van der Waals surface area contributed by atoms with Gasteiger partial charge in [0.2, 0.25) is 0 Å². The summed E-state index contributed by atoms with van der Waals surface area (Å²) in [7, 11) is 1.80. The van der Waals surface area contributed by atoms with Gasteiger partial charge in [0.1, 0.15) is 0 Å². The highest BCUT2D eigenvalue weighted by molar-refractivity contribution is 4.66. The van der Waals surface area contributed by atoms with Gasteiger partial charge in [-0.25, -0.2) is 0 Å². The fraction of sp³-hybridized carbons (Fsp3) is 1.00. The summed E-state index contributed by atoms with van der Waals surface area (Å²) in [5.41, 5.74) is 0. The van der Waals surface area contributed by atoms with Crippen molar-refractivity contribution < 1.29 is 4.74 Å². The number of hydrogen-bond acceptors (Lipinski definition) is 1. The summed E-state index contributed by atoms with van der Waals surface area (Å²) in [4.78, 5) is 0. The lowest BCUT2D eigenvalue weighted by Gasteiger charge is -2.21. The number of rotatable bonds is 6. The third-order valence-electron chi connectivity index (χ3n) is 3.49. The summed E-state index contributed by atoms with van der Waals surface area (Å²) < 4.78 is 5.15. The maximum Gasteiger partial charge on any atom is 0.0487 e. The third-order valence-corrected chi connectivity index (χ3v) is 3.49. The Morgan fingerprint density at radius 1 is 1.21 bits per heavy atom. The molecule has 1 saturated carbocycles. The monoisotopic (exact) mass is 198 g/mol. The summed E-state index contributed by atoms with van der Waals surface area (Å²) in [6.07, 6.45) is 11.7. The van der Waals surface area contributed by atoms with Crippen LogP contribution in [0.1, 0.15) is 58.3 Å². The molecule has 0 bridgehead atoms. The molecule has 14 heavy (non-hydrogen) atoms. The normalized spacial score (nSPS) is 21.0. The summed E-state index contributed by atoms with van der Waals surface area (Å²) in [5.74, 6) is 1.81. The largest absolute Gasteiger partial charge is 0.384 e. The Balaban J connectivity index is 1.96. The van der Waals surface area contributed by atoms with Gasteiger partial charge in [-0.2, -0.15) is 0 Å². The molecule has 0 aromatic carbocycles. The van der Waals surface area contributed by atoms with Gasteiger partial charge in [-0.1, -0.05) is 51.9 Å². The van der Waals surface area contributed by atoms with Crippen LogP contribution in [0.25, 0.3) is 0 Å². The van der Waals surface area contributed by atoms with Crippen LogP contribution in [0.4, 0.5) is 0 Å². The zero-order chi connectivity index (χ0) is 10.2. The van der Waals surface area contributed by atoms with Crippen LogP contribution in [0, 0.1) is 11.8 Å². The maximum absolute atomic E-state index is 5.15. The zero-order valence-corrected chi connectivity index (χ0v) is 9.93. The van der Waals surface area contributed by atoms with Crippen molar-refractivity contribution in [3.63, 3.8) is 0 Å². The second-order valence-corrected chi connectivity index (χ2v) is 5.00. The van der Waals surface area contributed by atoms with E-state index in [-0.39, 0.29) is 0 Å². The van der Waals surface area contributed by atoms with Gasteiger partial charge in [-0.3, -0.25) is 0 Å². The van der Waals surface area contributed by atoms with Crippen LogP contribution in [-0.2, 0) is 4.74 Å². The molecule has 1 unspecified atom stereocenters. The smallest absolute Gasteiger partial charge is 0.0487 e. The Labute approximate surface area is 89.2 Å². The molecule has 0 heterocycles. The fourth-order valence-corrected chi connectivity index (χ4v) is 2.60. The van der Waals surface area contributed by atoms with Crippen LogP contribution in [0.3, 0.4) is 0 Å². The minimum absolute atomic E-state index is 0.753. The Morgan fingerprint density at radius 2 is 1.93 bits per heavy atom. The highest BCUT2D eigenvalue weighted by Gasteiger charge is 2.13. The molecule has 1 rings (SSSR count). The number of ether oxygens (including phenoxy) is 1. The first-order valence-corrected chi connectivity index (χ1v) is 6.32. The molecule has 1 nitrogen and oxygen atoms in total. The lowest BCUT2D eigenvalue weighted by molar-refractivity contribution is 0.152. The van der Waals surface area contributed by atoms with Gasteiger partial charge in [-0.05, 0) is 18.3 Å². The first-order valence-electron chi connectivity index (χ1n) is 6.32. The van der Waals surface area contributed by atoms with Gasteiger partial charge < -0.3 is 4.74 Å². The Morgan fingerprint density at radius 3 is 2.57 bits per heavy atom. The van der Waals surface area contributed by atoms with Crippen molar-refractivity contribution in [1.29, 1.82) is 0 Å². The topological polar surface area (TPSA) is 9.23 Å². The van der Waals surface area contributed by atoms with Crippen molar-refractivity contribution in [2.24, 2.45) is 11.8 Å². The second-order valence-electron chi connectivity index (χ2n) is 5.00. The predicted octanol–water partition coefficient (Wildman–Crippen LogP) is 4.02. The molecule has 1 aliphatic rings. The van der Waals surface area contributed by atoms with Crippen molar-refractivity contribution in [2.45, 2.75) is 58.3 Å². The van der Waals surface area contributed by atoms with Crippen molar-refractivity contribution >= 4 is 0 Å². The van der Waals surface area contributed by atoms with E-state index in [0.717, 1.165) is 18.4 Å². The molecule has 0 aliphatic heterocycles. The van der Waals surface area contributed by atoms with Crippen LogP contribution in [-0.4, -0.2) is 13.7 Å². The highest BCUT2D eigenvalue weighted by atomic mass is 16.5. The highest BCUT2D eigenvalue weighted by Crippen LogP contribution is 2.28. The lowest BCUT2D eigenvalue weighted by atomic mass is 9.85. The van der Waals surface area contributed by atoms with Gasteiger partial charge >= 0.3 is 0 Å². The Bertz CT molecular complexity index is 127. The first-order chi connectivity index (χ1) is 6.83. The molecule has 1 aliphatic carbocycles.